The summed E-state index contributed by atoms with van der Waals surface area (Å²) in [6, 6.07) is 11.5. The monoisotopic (exact) mass is 281 g/mol. The first-order valence-electron chi connectivity index (χ1n) is 7.44. The van der Waals surface area contributed by atoms with Gasteiger partial charge in [0.05, 0.1) is 6.26 Å². The molecule has 0 N–H and O–H groups in total. The van der Waals surface area contributed by atoms with Crippen LogP contribution in [0.5, 0.6) is 0 Å². The molecular weight excluding hydrogens is 262 g/mol. The Morgan fingerprint density at radius 3 is 2.48 bits per heavy atom. The molecule has 1 aromatic carbocycles. The van der Waals surface area contributed by atoms with Crippen LogP contribution >= 0.6 is 0 Å². The Balaban J connectivity index is 1.67. The van der Waals surface area contributed by atoms with Gasteiger partial charge in [0.25, 0.3) is 0 Å². The third-order valence-electron chi connectivity index (χ3n) is 3.82. The average Bonchev–Trinajstić information content (AvgIpc) is 3.07. The second kappa shape index (κ2) is 6.44. The fourth-order valence-electron chi connectivity index (χ4n) is 2.63. The number of anilines is 1. The number of piperidine rings is 1. The molecule has 0 radical (unpaired) electrons. The number of rotatable bonds is 4. The first-order valence-corrected chi connectivity index (χ1v) is 7.44. The van der Waals surface area contributed by atoms with Crippen molar-refractivity contribution >= 4 is 17.5 Å². The minimum absolute atomic E-state index is 0.00315. The highest BCUT2D eigenvalue weighted by molar-refractivity contribution is 6.06. The second-order valence-electron chi connectivity index (χ2n) is 5.31. The van der Waals surface area contributed by atoms with E-state index in [1.807, 2.05) is 30.3 Å². The molecule has 3 rings (SSSR count). The summed E-state index contributed by atoms with van der Waals surface area (Å²) < 4.78 is 5.17. The zero-order valence-corrected chi connectivity index (χ0v) is 12.0. The van der Waals surface area contributed by atoms with E-state index in [-0.39, 0.29) is 5.78 Å². The lowest BCUT2D eigenvalue weighted by atomic mass is 10.1. The van der Waals surface area contributed by atoms with Gasteiger partial charge in [-0.3, -0.25) is 4.79 Å². The molecule has 2 aromatic rings. The van der Waals surface area contributed by atoms with Crippen LogP contribution in [0.4, 0.5) is 5.69 Å². The van der Waals surface area contributed by atoms with Crippen LogP contribution in [-0.2, 0) is 0 Å². The summed E-state index contributed by atoms with van der Waals surface area (Å²) in [6.45, 7) is 2.23. The molecule has 0 unspecified atom stereocenters. The van der Waals surface area contributed by atoms with E-state index < -0.39 is 0 Å². The van der Waals surface area contributed by atoms with Crippen LogP contribution in [0.3, 0.4) is 0 Å². The Bertz CT molecular complexity index is 605. The lowest BCUT2D eigenvalue weighted by Crippen LogP contribution is -2.29. The molecular formula is C18H19NO2. The maximum Gasteiger partial charge on any atom is 0.185 e. The van der Waals surface area contributed by atoms with Gasteiger partial charge in [0.15, 0.2) is 5.78 Å². The third kappa shape index (κ3) is 3.43. The second-order valence-corrected chi connectivity index (χ2v) is 5.31. The number of hydrogen-bond acceptors (Lipinski definition) is 3. The molecule has 1 aliphatic heterocycles. The number of hydrogen-bond donors (Lipinski definition) is 0. The van der Waals surface area contributed by atoms with Crippen LogP contribution in [0.15, 0.2) is 53.2 Å². The van der Waals surface area contributed by atoms with Crippen molar-refractivity contribution in [3.8, 4) is 0 Å². The maximum absolute atomic E-state index is 12.1. The number of ketones is 1. The van der Waals surface area contributed by atoms with Crippen molar-refractivity contribution < 1.29 is 9.21 Å². The molecule has 0 spiro atoms. The summed E-state index contributed by atoms with van der Waals surface area (Å²) in [6.07, 6.45) is 8.68. The molecule has 21 heavy (non-hydrogen) atoms. The van der Waals surface area contributed by atoms with E-state index in [2.05, 4.69) is 4.90 Å². The minimum atomic E-state index is -0.00315. The van der Waals surface area contributed by atoms with Gasteiger partial charge in [-0.05, 0) is 67.8 Å². The molecule has 1 saturated heterocycles. The molecule has 2 heterocycles. The fourth-order valence-corrected chi connectivity index (χ4v) is 2.63. The summed E-state index contributed by atoms with van der Waals surface area (Å²) in [5.41, 5.74) is 1.92. The lowest BCUT2D eigenvalue weighted by Gasteiger charge is -2.28. The van der Waals surface area contributed by atoms with Gasteiger partial charge in [0, 0.05) is 24.3 Å². The van der Waals surface area contributed by atoms with E-state index >= 15 is 0 Å². The highest BCUT2D eigenvalue weighted by atomic mass is 16.3. The molecule has 0 amide bonds. The van der Waals surface area contributed by atoms with Gasteiger partial charge < -0.3 is 9.32 Å². The van der Waals surface area contributed by atoms with Crippen LogP contribution in [0.1, 0.15) is 35.4 Å². The molecule has 0 aliphatic carbocycles. The van der Waals surface area contributed by atoms with Crippen molar-refractivity contribution in [2.75, 3.05) is 18.0 Å². The predicted octanol–water partition coefficient (Wildman–Crippen LogP) is 4.17. The van der Waals surface area contributed by atoms with Crippen molar-refractivity contribution in [1.29, 1.82) is 0 Å². The van der Waals surface area contributed by atoms with E-state index in [4.69, 9.17) is 4.42 Å². The van der Waals surface area contributed by atoms with E-state index in [1.165, 1.54) is 24.9 Å². The molecule has 0 bridgehead atoms. The van der Waals surface area contributed by atoms with Crippen molar-refractivity contribution in [2.24, 2.45) is 0 Å². The summed E-state index contributed by atoms with van der Waals surface area (Å²) >= 11 is 0. The Morgan fingerprint density at radius 2 is 1.81 bits per heavy atom. The molecule has 3 heteroatoms. The van der Waals surface area contributed by atoms with Gasteiger partial charge in [-0.25, -0.2) is 0 Å². The fraction of sp³-hybridized carbons (Fsp3) is 0.278. The molecule has 1 aliphatic rings. The first-order chi connectivity index (χ1) is 10.3. The van der Waals surface area contributed by atoms with Gasteiger partial charge in [-0.2, -0.15) is 0 Å². The van der Waals surface area contributed by atoms with Gasteiger partial charge >= 0.3 is 0 Å². The van der Waals surface area contributed by atoms with Gasteiger partial charge in [0.2, 0.25) is 0 Å². The molecule has 0 saturated carbocycles. The molecule has 0 atom stereocenters. The number of carbonyl (C=O) groups is 1. The SMILES string of the molecule is O=C(/C=C/c1ccco1)c1ccc(N2CCCCC2)cc1. The molecule has 1 aromatic heterocycles. The summed E-state index contributed by atoms with van der Waals surface area (Å²) in [5, 5.41) is 0. The lowest BCUT2D eigenvalue weighted by molar-refractivity contribution is 0.104. The number of furan rings is 1. The molecule has 108 valence electrons. The van der Waals surface area contributed by atoms with E-state index in [9.17, 15) is 4.79 Å². The largest absolute Gasteiger partial charge is 0.465 e. The smallest absolute Gasteiger partial charge is 0.185 e. The summed E-state index contributed by atoms with van der Waals surface area (Å²) in [7, 11) is 0. The topological polar surface area (TPSA) is 33.5 Å². The summed E-state index contributed by atoms with van der Waals surface area (Å²) in [4.78, 5) is 14.5. The average molecular weight is 281 g/mol. The van der Waals surface area contributed by atoms with Crippen LogP contribution in [-0.4, -0.2) is 18.9 Å². The molecule has 1 fully saturated rings. The minimum Gasteiger partial charge on any atom is -0.465 e. The van der Waals surface area contributed by atoms with E-state index in [0.717, 1.165) is 13.1 Å². The maximum atomic E-state index is 12.1. The third-order valence-corrected chi connectivity index (χ3v) is 3.82. The highest BCUT2D eigenvalue weighted by Crippen LogP contribution is 2.20. The van der Waals surface area contributed by atoms with Gasteiger partial charge in [-0.1, -0.05) is 0 Å². The molecule has 3 nitrogen and oxygen atoms in total. The normalized spacial score (nSPS) is 15.5. The van der Waals surface area contributed by atoms with Crippen molar-refractivity contribution in [3.05, 3.63) is 60.1 Å². The Labute approximate surface area is 124 Å². The first kappa shape index (κ1) is 13.7. The number of allylic oxidation sites excluding steroid dienone is 1. The van der Waals surface area contributed by atoms with Gasteiger partial charge in [-0.15, -0.1) is 0 Å². The van der Waals surface area contributed by atoms with Gasteiger partial charge in [0.1, 0.15) is 5.76 Å². The van der Waals surface area contributed by atoms with Crippen LogP contribution in [0.2, 0.25) is 0 Å². The van der Waals surface area contributed by atoms with E-state index in [1.54, 1.807) is 24.5 Å². The summed E-state index contributed by atoms with van der Waals surface area (Å²) in [5.74, 6) is 0.685. The predicted molar refractivity (Wildman–Crippen MR) is 84.6 cm³/mol. The van der Waals surface area contributed by atoms with Crippen LogP contribution in [0, 0.1) is 0 Å². The van der Waals surface area contributed by atoms with Crippen molar-refractivity contribution in [1.82, 2.24) is 0 Å². The number of carbonyl (C=O) groups excluding carboxylic acids is 1. The zero-order chi connectivity index (χ0) is 14.5. The van der Waals surface area contributed by atoms with Crippen molar-refractivity contribution in [3.63, 3.8) is 0 Å². The zero-order valence-electron chi connectivity index (χ0n) is 12.0. The number of benzene rings is 1. The Kier molecular flexibility index (Phi) is 4.20. The van der Waals surface area contributed by atoms with Crippen LogP contribution < -0.4 is 4.90 Å². The number of nitrogens with zero attached hydrogens (tertiary/aromatic N) is 1. The Morgan fingerprint density at radius 1 is 1.05 bits per heavy atom. The van der Waals surface area contributed by atoms with Crippen LogP contribution in [0.25, 0.3) is 6.08 Å². The van der Waals surface area contributed by atoms with Crippen molar-refractivity contribution in [2.45, 2.75) is 19.3 Å². The highest BCUT2D eigenvalue weighted by Gasteiger charge is 2.11. The quantitative estimate of drug-likeness (QED) is 0.623. The Hall–Kier alpha value is -2.29. The van der Waals surface area contributed by atoms with E-state index in [0.29, 0.717) is 11.3 Å². The standard InChI is InChI=1S/C18H19NO2/c20-18(11-10-17-5-4-14-21-17)15-6-8-16(9-7-15)19-12-2-1-3-13-19/h4-11,14H,1-3,12-13H2/b11-10+.